The zero-order valence-electron chi connectivity index (χ0n) is 12.0. The molecule has 0 aromatic heterocycles. The van der Waals surface area contributed by atoms with E-state index in [0.29, 0.717) is 18.2 Å². The fourth-order valence-electron chi connectivity index (χ4n) is 1.74. The lowest BCUT2D eigenvalue weighted by Gasteiger charge is -2.18. The van der Waals surface area contributed by atoms with Crippen molar-refractivity contribution >= 4 is 16.0 Å². The fourth-order valence-corrected chi connectivity index (χ4v) is 3.10. The van der Waals surface area contributed by atoms with Gasteiger partial charge in [0.05, 0.1) is 22.1 Å². The maximum atomic E-state index is 12.7. The Morgan fingerprint density at radius 3 is 2.30 bits per heavy atom. The molecule has 1 atom stereocenters. The molecule has 0 amide bonds. The maximum Gasteiger partial charge on any atom is 0.417 e. The summed E-state index contributed by atoms with van der Waals surface area (Å²) in [6.07, 6.45) is -4.80. The first-order valence-electron chi connectivity index (χ1n) is 6.26. The third kappa shape index (κ3) is 4.43. The molecule has 0 aliphatic carbocycles. The molecule has 0 spiro atoms. The highest BCUT2D eigenvalue weighted by Gasteiger charge is 2.35. The van der Waals surface area contributed by atoms with Gasteiger partial charge < -0.3 is 5.11 Å². The Labute approximate surface area is 130 Å². The Bertz CT molecular complexity index is 751. The van der Waals surface area contributed by atoms with Crippen molar-refractivity contribution in [3.63, 3.8) is 0 Å². The monoisotopic (exact) mass is 350 g/mol. The van der Waals surface area contributed by atoms with Crippen LogP contribution < -0.4 is 4.72 Å². The van der Waals surface area contributed by atoms with E-state index in [9.17, 15) is 26.4 Å². The van der Waals surface area contributed by atoms with Gasteiger partial charge in [-0.15, -0.1) is 0 Å². The second-order valence-corrected chi connectivity index (χ2v) is 6.71. The summed E-state index contributed by atoms with van der Waals surface area (Å²) < 4.78 is 64.2. The van der Waals surface area contributed by atoms with Gasteiger partial charge in [0.2, 0.25) is 10.0 Å². The number of hydrogen-bond donors (Lipinski definition) is 2. The Balaban J connectivity index is 3.31. The molecule has 0 unspecified atom stereocenters. The van der Waals surface area contributed by atoms with E-state index in [0.717, 1.165) is 0 Å². The average molecular weight is 350 g/mol. The molecule has 1 rings (SSSR count). The van der Waals surface area contributed by atoms with E-state index in [1.807, 2.05) is 4.72 Å². The van der Waals surface area contributed by atoms with Crippen LogP contribution in [0.2, 0.25) is 0 Å². The summed E-state index contributed by atoms with van der Waals surface area (Å²) in [7, 11) is -4.39. The number of nitrogens with one attached hydrogen (secondary N) is 1. The van der Waals surface area contributed by atoms with E-state index in [1.54, 1.807) is 0 Å². The van der Waals surface area contributed by atoms with E-state index in [1.165, 1.54) is 19.9 Å². The Morgan fingerprint density at radius 1 is 1.35 bits per heavy atom. The number of nitriles is 1. The Hall–Kier alpha value is -2.12. The number of carboxylic acids is 1. The molecule has 10 heteroatoms. The summed E-state index contributed by atoms with van der Waals surface area (Å²) in [5.41, 5.74) is -2.13. The smallest absolute Gasteiger partial charge is 0.417 e. The van der Waals surface area contributed by atoms with Crippen LogP contribution in [0, 0.1) is 17.2 Å². The number of benzene rings is 1. The van der Waals surface area contributed by atoms with E-state index >= 15 is 0 Å². The van der Waals surface area contributed by atoms with Gasteiger partial charge in [0.15, 0.2) is 0 Å². The molecular weight excluding hydrogens is 337 g/mol. The Morgan fingerprint density at radius 2 is 1.91 bits per heavy atom. The molecule has 126 valence electrons. The fraction of sp³-hybridized carbons (Fsp3) is 0.385. The van der Waals surface area contributed by atoms with Crippen LogP contribution in [0.4, 0.5) is 13.2 Å². The lowest BCUT2D eigenvalue weighted by atomic mass is 10.1. The minimum atomic E-state index is -4.80. The summed E-state index contributed by atoms with van der Waals surface area (Å²) >= 11 is 0. The number of nitrogens with zero attached hydrogens (tertiary/aromatic N) is 1. The number of carboxylic acid groups (broad SMARTS) is 1. The van der Waals surface area contributed by atoms with Crippen molar-refractivity contribution in [2.45, 2.75) is 31.0 Å². The second-order valence-electron chi connectivity index (χ2n) is 5.00. The van der Waals surface area contributed by atoms with Crippen LogP contribution in [0.25, 0.3) is 0 Å². The van der Waals surface area contributed by atoms with Gasteiger partial charge in [-0.05, 0) is 24.1 Å². The number of carbonyl (C=O) groups is 1. The van der Waals surface area contributed by atoms with Gasteiger partial charge in [-0.25, -0.2) is 8.42 Å². The molecule has 0 bridgehead atoms. The SMILES string of the molecule is CC(C)[C@@H](NS(=O)(=O)c1ccc(C(F)(F)F)c(C#N)c1)C(=O)O. The summed E-state index contributed by atoms with van der Waals surface area (Å²) in [6.45, 7) is 2.93. The topological polar surface area (TPSA) is 107 Å². The van der Waals surface area contributed by atoms with Gasteiger partial charge in [-0.3, -0.25) is 4.79 Å². The zero-order valence-corrected chi connectivity index (χ0v) is 12.9. The summed E-state index contributed by atoms with van der Waals surface area (Å²) in [4.78, 5) is 10.4. The summed E-state index contributed by atoms with van der Waals surface area (Å²) in [5, 5.41) is 17.7. The largest absolute Gasteiger partial charge is 0.480 e. The van der Waals surface area contributed by atoms with Crippen molar-refractivity contribution in [1.82, 2.24) is 4.72 Å². The number of rotatable bonds is 5. The van der Waals surface area contributed by atoms with E-state index < -0.39 is 50.2 Å². The molecule has 1 aromatic carbocycles. The van der Waals surface area contributed by atoms with Gasteiger partial charge >= 0.3 is 12.1 Å². The maximum absolute atomic E-state index is 12.7. The molecule has 0 saturated carbocycles. The van der Waals surface area contributed by atoms with Crippen molar-refractivity contribution in [3.8, 4) is 6.07 Å². The van der Waals surface area contributed by atoms with Crippen molar-refractivity contribution in [1.29, 1.82) is 5.26 Å². The Kier molecular flexibility index (Phi) is 5.39. The molecule has 23 heavy (non-hydrogen) atoms. The molecule has 0 heterocycles. The van der Waals surface area contributed by atoms with E-state index in [2.05, 4.69) is 0 Å². The van der Waals surface area contributed by atoms with Crippen molar-refractivity contribution in [2.75, 3.05) is 0 Å². The van der Waals surface area contributed by atoms with Gasteiger partial charge in [0.25, 0.3) is 0 Å². The van der Waals surface area contributed by atoms with Gasteiger partial charge in [0.1, 0.15) is 6.04 Å². The first-order valence-corrected chi connectivity index (χ1v) is 7.75. The number of hydrogen-bond acceptors (Lipinski definition) is 4. The molecule has 0 radical (unpaired) electrons. The number of sulfonamides is 1. The van der Waals surface area contributed by atoms with Crippen molar-refractivity contribution in [2.24, 2.45) is 5.92 Å². The lowest BCUT2D eigenvalue weighted by Crippen LogP contribution is -2.44. The van der Waals surface area contributed by atoms with Crippen LogP contribution in [-0.2, 0) is 21.0 Å². The predicted octanol–water partition coefficient (Wildman–Crippen LogP) is 1.96. The van der Waals surface area contributed by atoms with Crippen LogP contribution in [0.1, 0.15) is 25.0 Å². The highest BCUT2D eigenvalue weighted by Crippen LogP contribution is 2.32. The molecule has 0 aliphatic heterocycles. The minimum Gasteiger partial charge on any atom is -0.480 e. The van der Waals surface area contributed by atoms with Crippen molar-refractivity contribution < 1.29 is 31.5 Å². The van der Waals surface area contributed by atoms with E-state index in [4.69, 9.17) is 10.4 Å². The molecule has 0 aliphatic rings. The standard InChI is InChI=1S/C13H13F3N2O4S/c1-7(2)11(12(19)20)18-23(21,22)9-3-4-10(13(14,15)16)8(5-9)6-17/h3-5,7,11,18H,1-2H3,(H,19,20)/t11-/m1/s1. The van der Waals surface area contributed by atoms with Crippen LogP contribution in [0.5, 0.6) is 0 Å². The lowest BCUT2D eigenvalue weighted by molar-refractivity contribution is -0.140. The molecule has 0 fully saturated rings. The number of halogens is 3. The third-order valence-corrected chi connectivity index (χ3v) is 4.38. The first kappa shape index (κ1) is 18.9. The van der Waals surface area contributed by atoms with Crippen LogP contribution in [0.15, 0.2) is 23.1 Å². The quantitative estimate of drug-likeness (QED) is 0.844. The molecule has 1 aromatic rings. The normalized spacial score (nSPS) is 13.6. The van der Waals surface area contributed by atoms with Crippen molar-refractivity contribution in [3.05, 3.63) is 29.3 Å². The van der Waals surface area contributed by atoms with Crippen LogP contribution in [-0.4, -0.2) is 25.5 Å². The molecule has 0 saturated heterocycles. The van der Waals surface area contributed by atoms with Crippen LogP contribution in [0.3, 0.4) is 0 Å². The number of alkyl halides is 3. The van der Waals surface area contributed by atoms with Gasteiger partial charge in [-0.1, -0.05) is 13.8 Å². The molecular formula is C13H13F3N2O4S. The highest BCUT2D eigenvalue weighted by molar-refractivity contribution is 7.89. The summed E-state index contributed by atoms with van der Waals surface area (Å²) in [6, 6.07) is 1.54. The predicted molar refractivity (Wildman–Crippen MR) is 72.7 cm³/mol. The molecule has 6 nitrogen and oxygen atoms in total. The third-order valence-electron chi connectivity index (χ3n) is 2.94. The number of aliphatic carboxylic acids is 1. The molecule has 2 N–H and O–H groups in total. The summed E-state index contributed by atoms with van der Waals surface area (Å²) in [5.74, 6) is -2.01. The van der Waals surface area contributed by atoms with E-state index in [-0.39, 0.29) is 0 Å². The van der Waals surface area contributed by atoms with Gasteiger partial charge in [0, 0.05) is 0 Å². The highest BCUT2D eigenvalue weighted by atomic mass is 32.2. The average Bonchev–Trinajstić information content (AvgIpc) is 2.42. The zero-order chi connectivity index (χ0) is 18.0. The second kappa shape index (κ2) is 6.55. The first-order chi connectivity index (χ1) is 10.4. The van der Waals surface area contributed by atoms with Gasteiger partial charge in [-0.2, -0.15) is 23.2 Å². The minimum absolute atomic E-state index is 0.471. The van der Waals surface area contributed by atoms with Crippen LogP contribution >= 0.6 is 0 Å².